The maximum Gasteiger partial charge on any atom is 0.291 e. The summed E-state index contributed by atoms with van der Waals surface area (Å²) >= 11 is 0. The predicted octanol–water partition coefficient (Wildman–Crippen LogP) is 4.60. The number of carbonyl (C=O) groups excluding carboxylic acids is 1. The predicted molar refractivity (Wildman–Crippen MR) is 104 cm³/mol. The highest BCUT2D eigenvalue weighted by Crippen LogP contribution is 2.34. The Morgan fingerprint density at radius 2 is 2.15 bits per heavy atom. The zero-order chi connectivity index (χ0) is 17.9. The number of benzene rings is 1. The summed E-state index contributed by atoms with van der Waals surface area (Å²) in [6, 6.07) is 9.41. The molecule has 0 atom stereocenters. The molecule has 1 aromatic carbocycles. The van der Waals surface area contributed by atoms with Gasteiger partial charge in [-0.2, -0.15) is 0 Å². The molecule has 26 heavy (non-hydrogen) atoms. The van der Waals surface area contributed by atoms with Crippen molar-refractivity contribution >= 4 is 22.5 Å². The molecule has 2 N–H and O–H groups in total. The van der Waals surface area contributed by atoms with Crippen LogP contribution in [0.3, 0.4) is 0 Å². The van der Waals surface area contributed by atoms with Crippen LogP contribution in [0.2, 0.25) is 0 Å². The summed E-state index contributed by atoms with van der Waals surface area (Å²) in [5.41, 5.74) is 3.28. The van der Waals surface area contributed by atoms with Gasteiger partial charge in [0.1, 0.15) is 0 Å². The number of fused-ring (bicyclic) bond motifs is 1. The molecule has 1 fully saturated rings. The molecule has 3 heterocycles. The smallest absolute Gasteiger partial charge is 0.291 e. The van der Waals surface area contributed by atoms with Crippen LogP contribution in [-0.2, 0) is 0 Å². The number of H-pyrrole nitrogens is 1. The number of furan rings is 1. The molecule has 5 heteroatoms. The first-order chi connectivity index (χ1) is 12.7. The Morgan fingerprint density at radius 1 is 1.31 bits per heavy atom. The van der Waals surface area contributed by atoms with E-state index in [0.29, 0.717) is 11.7 Å². The van der Waals surface area contributed by atoms with Gasteiger partial charge < -0.3 is 19.6 Å². The molecular formula is C21H25N3O2. The van der Waals surface area contributed by atoms with E-state index in [1.54, 1.807) is 12.1 Å². The number of amides is 1. The number of aromatic nitrogens is 1. The first-order valence-corrected chi connectivity index (χ1v) is 9.43. The Kier molecular flexibility index (Phi) is 4.80. The molecule has 1 amide bonds. The Balaban J connectivity index is 1.53. The van der Waals surface area contributed by atoms with Crippen LogP contribution in [0.4, 0.5) is 5.69 Å². The average Bonchev–Trinajstić information content (AvgIpc) is 3.32. The van der Waals surface area contributed by atoms with Gasteiger partial charge in [-0.05, 0) is 80.7 Å². The quantitative estimate of drug-likeness (QED) is 0.706. The third-order valence-corrected chi connectivity index (χ3v) is 5.28. The highest BCUT2D eigenvalue weighted by atomic mass is 16.3. The monoisotopic (exact) mass is 351 g/mol. The van der Waals surface area contributed by atoms with Crippen molar-refractivity contribution in [1.29, 1.82) is 0 Å². The molecule has 0 spiro atoms. The molecule has 0 saturated carbocycles. The van der Waals surface area contributed by atoms with E-state index in [0.717, 1.165) is 11.2 Å². The maximum absolute atomic E-state index is 12.2. The fraction of sp³-hybridized carbons (Fsp3) is 0.381. The van der Waals surface area contributed by atoms with E-state index in [1.807, 2.05) is 12.1 Å². The SMILES string of the molecule is CCCN1CCC(c2c[nH]c3ccc(NC(=O)c4ccco4)cc23)CC1. The van der Waals surface area contributed by atoms with Crippen molar-refractivity contribution in [2.75, 3.05) is 25.0 Å². The van der Waals surface area contributed by atoms with Gasteiger partial charge in [0.25, 0.3) is 5.91 Å². The van der Waals surface area contributed by atoms with E-state index < -0.39 is 0 Å². The summed E-state index contributed by atoms with van der Waals surface area (Å²) < 4.78 is 5.17. The van der Waals surface area contributed by atoms with Gasteiger partial charge in [0.2, 0.25) is 0 Å². The van der Waals surface area contributed by atoms with Gasteiger partial charge in [0, 0.05) is 22.8 Å². The van der Waals surface area contributed by atoms with E-state index in [9.17, 15) is 4.79 Å². The summed E-state index contributed by atoms with van der Waals surface area (Å²) in [7, 11) is 0. The van der Waals surface area contributed by atoms with Gasteiger partial charge in [0.05, 0.1) is 6.26 Å². The summed E-state index contributed by atoms with van der Waals surface area (Å²) in [4.78, 5) is 18.2. The van der Waals surface area contributed by atoms with Gasteiger partial charge in [-0.25, -0.2) is 0 Å². The zero-order valence-corrected chi connectivity index (χ0v) is 15.1. The number of carbonyl (C=O) groups is 1. The van der Waals surface area contributed by atoms with Crippen LogP contribution in [0.25, 0.3) is 10.9 Å². The van der Waals surface area contributed by atoms with Gasteiger partial charge in [-0.1, -0.05) is 6.92 Å². The molecule has 3 aromatic rings. The Morgan fingerprint density at radius 3 is 2.88 bits per heavy atom. The molecule has 0 radical (unpaired) electrons. The second kappa shape index (κ2) is 7.38. The third-order valence-electron chi connectivity index (χ3n) is 5.28. The molecule has 1 aliphatic heterocycles. The molecular weight excluding hydrogens is 326 g/mol. The second-order valence-electron chi connectivity index (χ2n) is 7.05. The first-order valence-electron chi connectivity index (χ1n) is 9.43. The topological polar surface area (TPSA) is 61.3 Å². The van der Waals surface area contributed by atoms with Crippen molar-refractivity contribution in [1.82, 2.24) is 9.88 Å². The lowest BCUT2D eigenvalue weighted by molar-refractivity contribution is 0.0996. The van der Waals surface area contributed by atoms with Crippen LogP contribution in [0.1, 0.15) is 48.2 Å². The number of hydrogen-bond acceptors (Lipinski definition) is 3. The number of hydrogen-bond donors (Lipinski definition) is 2. The Bertz CT molecular complexity index is 874. The van der Waals surface area contributed by atoms with Crippen LogP contribution in [0.15, 0.2) is 47.2 Å². The summed E-state index contributed by atoms with van der Waals surface area (Å²) in [6.07, 6.45) is 7.25. The van der Waals surface area contributed by atoms with Crippen LogP contribution in [0.5, 0.6) is 0 Å². The fourth-order valence-corrected chi connectivity index (χ4v) is 3.94. The molecule has 4 rings (SSSR count). The second-order valence-corrected chi connectivity index (χ2v) is 7.05. The highest BCUT2D eigenvalue weighted by Gasteiger charge is 2.22. The minimum Gasteiger partial charge on any atom is -0.459 e. The number of nitrogens with one attached hydrogen (secondary N) is 2. The summed E-state index contributed by atoms with van der Waals surface area (Å²) in [5, 5.41) is 4.13. The molecule has 136 valence electrons. The number of anilines is 1. The van der Waals surface area contributed by atoms with E-state index >= 15 is 0 Å². The minimum absolute atomic E-state index is 0.223. The molecule has 0 unspecified atom stereocenters. The van der Waals surface area contributed by atoms with Crippen molar-refractivity contribution in [3.8, 4) is 0 Å². The molecule has 0 aliphatic carbocycles. The van der Waals surface area contributed by atoms with E-state index in [2.05, 4.69) is 34.4 Å². The van der Waals surface area contributed by atoms with E-state index in [1.165, 1.54) is 56.1 Å². The molecule has 5 nitrogen and oxygen atoms in total. The maximum atomic E-state index is 12.2. The third kappa shape index (κ3) is 3.40. The van der Waals surface area contributed by atoms with Gasteiger partial charge in [0.15, 0.2) is 5.76 Å². The van der Waals surface area contributed by atoms with E-state index in [-0.39, 0.29) is 5.91 Å². The average molecular weight is 351 g/mol. The molecule has 1 aliphatic rings. The van der Waals surface area contributed by atoms with Crippen molar-refractivity contribution in [2.24, 2.45) is 0 Å². The molecule has 1 saturated heterocycles. The number of aromatic amines is 1. The summed E-state index contributed by atoms with van der Waals surface area (Å²) in [5.74, 6) is 0.676. The van der Waals surface area contributed by atoms with Crippen molar-refractivity contribution in [3.05, 3.63) is 54.1 Å². The molecule has 0 bridgehead atoms. The fourth-order valence-electron chi connectivity index (χ4n) is 3.94. The van der Waals surface area contributed by atoms with Crippen LogP contribution >= 0.6 is 0 Å². The van der Waals surface area contributed by atoms with E-state index in [4.69, 9.17) is 4.42 Å². The Labute approximate surface area is 153 Å². The lowest BCUT2D eigenvalue weighted by atomic mass is 9.89. The Hall–Kier alpha value is -2.53. The lowest BCUT2D eigenvalue weighted by Gasteiger charge is -2.31. The summed E-state index contributed by atoms with van der Waals surface area (Å²) in [6.45, 7) is 5.77. The zero-order valence-electron chi connectivity index (χ0n) is 15.1. The van der Waals surface area contributed by atoms with Crippen molar-refractivity contribution in [2.45, 2.75) is 32.1 Å². The standard InChI is InChI=1S/C21H25N3O2/c1-2-9-24-10-7-15(8-11-24)18-14-22-19-6-5-16(13-17(18)19)23-21(25)20-4-3-12-26-20/h3-6,12-15,22H,2,7-11H2,1H3,(H,23,25). The van der Waals surface area contributed by atoms with Crippen molar-refractivity contribution < 1.29 is 9.21 Å². The first kappa shape index (κ1) is 16.9. The number of piperidine rings is 1. The molecule has 2 aromatic heterocycles. The highest BCUT2D eigenvalue weighted by molar-refractivity contribution is 6.03. The largest absolute Gasteiger partial charge is 0.459 e. The number of rotatable bonds is 5. The number of likely N-dealkylation sites (tertiary alicyclic amines) is 1. The van der Waals surface area contributed by atoms with Gasteiger partial charge in [-0.15, -0.1) is 0 Å². The number of nitrogens with zero attached hydrogens (tertiary/aromatic N) is 1. The lowest BCUT2D eigenvalue weighted by Crippen LogP contribution is -2.33. The van der Waals surface area contributed by atoms with Crippen LogP contribution in [0, 0.1) is 0 Å². The van der Waals surface area contributed by atoms with Gasteiger partial charge >= 0.3 is 0 Å². The van der Waals surface area contributed by atoms with Crippen LogP contribution < -0.4 is 5.32 Å². The van der Waals surface area contributed by atoms with Crippen molar-refractivity contribution in [3.63, 3.8) is 0 Å². The van der Waals surface area contributed by atoms with Gasteiger partial charge in [-0.3, -0.25) is 4.79 Å². The minimum atomic E-state index is -0.223. The van der Waals surface area contributed by atoms with Crippen LogP contribution in [-0.4, -0.2) is 35.4 Å². The normalized spacial score (nSPS) is 16.2.